The van der Waals surface area contributed by atoms with Gasteiger partial charge in [-0.3, -0.25) is 14.4 Å². The molecule has 0 atom stereocenters. The van der Waals surface area contributed by atoms with Gasteiger partial charge in [-0.15, -0.1) is 0 Å². The molecule has 0 fully saturated rings. The lowest BCUT2D eigenvalue weighted by Gasteiger charge is -2.38. The van der Waals surface area contributed by atoms with Gasteiger partial charge in [-0.25, -0.2) is 14.2 Å². The first kappa shape index (κ1) is 64.7. The van der Waals surface area contributed by atoms with Crippen molar-refractivity contribution in [3.8, 4) is 33.4 Å². The molecule has 0 saturated carbocycles. The van der Waals surface area contributed by atoms with E-state index in [4.69, 9.17) is 0 Å². The van der Waals surface area contributed by atoms with Crippen LogP contribution >= 0.6 is 0 Å². The standard InChI is InChI=1S/C26H40N2O2Si.C22H31NO2Si.C18H22O2Si/c1-24(2,3)27(29)17-21-19-15-13-12-14-16-20(19)22(18-28(30)25(4,5)6)23(21)31(10,11)26(7,8)9;1-21(2,3)23(25)14-18-16-12-10-9-11-13-17(16)19(15-24)20(18)26(7,8)22(4,5)6;1-18(2,3)21(4,5)17-15(11-19)13-9-7-6-8-10-14(13)16(17)12-20/h12-18H,1-11H3;9-15H,1-8H3;6-12H,1-5H3/b27-17-,28-18-;23-14-;. The van der Waals surface area contributed by atoms with Gasteiger partial charge in [0.2, 0.25) is 0 Å². The maximum absolute atomic E-state index is 13.1. The van der Waals surface area contributed by atoms with E-state index >= 15 is 0 Å². The van der Waals surface area contributed by atoms with E-state index in [-0.39, 0.29) is 15.1 Å². The number of carbonyl (C=O) groups is 3. The summed E-state index contributed by atoms with van der Waals surface area (Å²) in [4.78, 5) is 35.6. The molecule has 6 aliphatic carbocycles. The molecule has 0 amide bonds. The smallest absolute Gasteiger partial charge is 0.182 e. The summed E-state index contributed by atoms with van der Waals surface area (Å²) >= 11 is 0. The molecule has 0 bridgehead atoms. The largest absolute Gasteiger partial charge is 0.623 e. The summed E-state index contributed by atoms with van der Waals surface area (Å²) in [6, 6.07) is 29.6. The quantitative estimate of drug-likeness (QED) is 0.0354. The van der Waals surface area contributed by atoms with Crippen LogP contribution in [0.15, 0.2) is 91.0 Å². The number of carbonyl (C=O) groups excluding carboxylic acids is 3. The summed E-state index contributed by atoms with van der Waals surface area (Å²) in [5.41, 5.74) is 9.05. The van der Waals surface area contributed by atoms with Gasteiger partial charge in [0.1, 0.15) is 0 Å². The van der Waals surface area contributed by atoms with Crippen molar-refractivity contribution in [2.75, 3.05) is 0 Å². The second kappa shape index (κ2) is 23.1. The van der Waals surface area contributed by atoms with Crippen molar-refractivity contribution in [3.05, 3.63) is 140 Å². The van der Waals surface area contributed by atoms with E-state index in [1.165, 1.54) is 5.19 Å². The summed E-state index contributed by atoms with van der Waals surface area (Å²) < 4.78 is 3.11. The highest BCUT2D eigenvalue weighted by molar-refractivity contribution is 6.95. The molecule has 6 rings (SSSR count). The zero-order valence-electron chi connectivity index (χ0n) is 51.9. The fraction of sp³-hybridized carbons (Fsp3) is 0.455. The Morgan fingerprint density at radius 2 is 0.474 bits per heavy atom. The van der Waals surface area contributed by atoms with Crippen molar-refractivity contribution >= 4 is 77.3 Å². The van der Waals surface area contributed by atoms with Crippen LogP contribution in [0.2, 0.25) is 54.4 Å². The Morgan fingerprint density at radius 1 is 0.308 bits per heavy atom. The molecule has 78 heavy (non-hydrogen) atoms. The van der Waals surface area contributed by atoms with Crippen LogP contribution in [-0.2, 0) is 0 Å². The van der Waals surface area contributed by atoms with Gasteiger partial charge in [0.25, 0.3) is 0 Å². The molecule has 0 aliphatic heterocycles. The van der Waals surface area contributed by atoms with Gasteiger partial charge in [-0.2, -0.15) is 0 Å². The second-order valence-corrected chi connectivity index (χ2v) is 44.4. The molecule has 0 N–H and O–H groups in total. The van der Waals surface area contributed by atoms with Crippen molar-refractivity contribution in [2.24, 2.45) is 0 Å². The molecule has 9 nitrogen and oxygen atoms in total. The first-order valence-corrected chi connectivity index (χ1v) is 36.4. The van der Waals surface area contributed by atoms with Crippen LogP contribution in [0.3, 0.4) is 0 Å². The molecule has 12 heteroatoms. The highest BCUT2D eigenvalue weighted by atomic mass is 28.3. The molecule has 0 radical (unpaired) electrons. The van der Waals surface area contributed by atoms with E-state index in [2.05, 4.69) is 114 Å². The lowest BCUT2D eigenvalue weighted by atomic mass is 10.1. The first-order valence-electron chi connectivity index (χ1n) is 27.4. The topological polar surface area (TPSA) is 129 Å². The number of aldehydes is 3. The molecule has 0 saturated heterocycles. The normalized spacial score (nSPS) is 13.9. The number of rotatable bonds is 9. The highest BCUT2D eigenvalue weighted by Crippen LogP contribution is 2.44. The minimum absolute atomic E-state index is 0.0373. The zero-order chi connectivity index (χ0) is 59.7. The van der Waals surface area contributed by atoms with Gasteiger partial charge in [-0.1, -0.05) is 193 Å². The Bertz CT molecular complexity index is 3030. The summed E-state index contributed by atoms with van der Waals surface area (Å²) in [7, 11) is -6.16. The van der Waals surface area contributed by atoms with Gasteiger partial charge in [0, 0.05) is 95.7 Å². The van der Waals surface area contributed by atoms with Gasteiger partial charge in [0.05, 0.1) is 24.2 Å². The third kappa shape index (κ3) is 13.3. The van der Waals surface area contributed by atoms with Crippen molar-refractivity contribution in [2.45, 2.75) is 196 Å². The third-order valence-electron chi connectivity index (χ3n) is 17.0. The molecule has 0 unspecified atom stereocenters. The Kier molecular flexibility index (Phi) is 19.2. The molecule has 0 heterocycles. The zero-order valence-corrected chi connectivity index (χ0v) is 54.9. The van der Waals surface area contributed by atoms with Crippen LogP contribution in [0.5, 0.6) is 0 Å². The predicted molar refractivity (Wildman–Crippen MR) is 341 cm³/mol. The lowest BCUT2D eigenvalue weighted by Crippen LogP contribution is -2.52. The second-order valence-electron chi connectivity index (χ2n) is 28.7. The summed E-state index contributed by atoms with van der Waals surface area (Å²) in [5, 5.41) is 42.3. The lowest BCUT2D eigenvalue weighted by molar-refractivity contribution is -0.530. The Morgan fingerprint density at radius 3 is 0.641 bits per heavy atom. The molecule has 0 aromatic carbocycles. The minimum atomic E-state index is -2.13. The Labute approximate surface area is 472 Å². The number of nitrogens with zero attached hydrogens (tertiary/aromatic N) is 3. The van der Waals surface area contributed by atoms with Crippen LogP contribution in [0.25, 0.3) is 33.4 Å². The van der Waals surface area contributed by atoms with Crippen molar-refractivity contribution in [1.82, 2.24) is 0 Å². The van der Waals surface area contributed by atoms with E-state index in [1.807, 2.05) is 141 Å². The molecule has 420 valence electrons. The van der Waals surface area contributed by atoms with Crippen LogP contribution < -0.4 is 15.6 Å². The maximum atomic E-state index is 13.1. The molecular weight excluding hydrogens is 1010 g/mol. The SMILES string of the molecule is CC(C)(C)/[N+]([O-])=C/c1c2cccccc-2c(/C=[N+](\[O-])C(C)(C)C)c1[Si](C)(C)C(C)(C)C.CC(C)(C)/[N+]([O-])=C/c1c2cccccc-2c(C=O)c1[Si](C)(C)C(C)(C)C.CC(C)(C)[Si](C)(C)c1c(C=O)c2cccccc-2c1C=O. The molecule has 0 spiro atoms. The van der Waals surface area contributed by atoms with Crippen molar-refractivity contribution < 1.29 is 28.6 Å². The van der Waals surface area contributed by atoms with E-state index in [9.17, 15) is 30.0 Å². The van der Waals surface area contributed by atoms with Crippen LogP contribution in [0, 0.1) is 15.6 Å². The van der Waals surface area contributed by atoms with Crippen LogP contribution in [0.4, 0.5) is 0 Å². The van der Waals surface area contributed by atoms with E-state index in [0.29, 0.717) is 11.1 Å². The molecule has 0 aromatic rings. The average molecular weight is 1110 g/mol. The van der Waals surface area contributed by atoms with E-state index in [1.54, 1.807) is 18.6 Å². The van der Waals surface area contributed by atoms with Crippen molar-refractivity contribution in [1.29, 1.82) is 0 Å². The van der Waals surface area contributed by atoms with Gasteiger partial charge >= 0.3 is 0 Å². The fourth-order valence-corrected chi connectivity index (χ4v) is 16.6. The van der Waals surface area contributed by atoms with Gasteiger partial charge in [0.15, 0.2) is 54.1 Å². The van der Waals surface area contributed by atoms with Crippen LogP contribution in [-0.4, -0.2) is 92.6 Å². The molecule has 6 aliphatic rings. The minimum Gasteiger partial charge on any atom is -0.623 e. The van der Waals surface area contributed by atoms with E-state index < -0.39 is 40.8 Å². The van der Waals surface area contributed by atoms with Gasteiger partial charge < -0.3 is 15.6 Å². The predicted octanol–water partition coefficient (Wildman–Crippen LogP) is 15.1. The third-order valence-corrected chi connectivity index (χ3v) is 33.7. The van der Waals surface area contributed by atoms with Crippen LogP contribution in [0.1, 0.15) is 172 Å². The number of fused-ring (bicyclic) bond motifs is 3. The number of hydrogen-bond acceptors (Lipinski definition) is 6. The highest BCUT2D eigenvalue weighted by Gasteiger charge is 2.46. The molecular formula is C66H93N3O6Si3. The summed E-state index contributed by atoms with van der Waals surface area (Å²) in [6.07, 6.45) is 8.02. The Hall–Kier alpha value is -5.83. The van der Waals surface area contributed by atoms with E-state index in [0.717, 1.165) is 99.1 Å². The average Bonchev–Trinajstić information content (AvgIpc) is 3.53. The monoisotopic (exact) mass is 1110 g/mol. The van der Waals surface area contributed by atoms with Crippen molar-refractivity contribution in [3.63, 3.8) is 0 Å². The fourth-order valence-electron chi connectivity index (χ4n) is 9.14. The number of hydrogen-bond donors (Lipinski definition) is 0. The van der Waals surface area contributed by atoms with Gasteiger partial charge in [-0.05, 0) is 64.1 Å². The Balaban J connectivity index is 0.000000257. The summed E-state index contributed by atoms with van der Waals surface area (Å²) in [5.74, 6) is 0. The molecule has 0 aromatic heterocycles. The number of hydroxylamine groups is 3. The first-order chi connectivity index (χ1) is 35.5. The maximum Gasteiger partial charge on any atom is 0.182 e. The summed E-state index contributed by atoms with van der Waals surface area (Å²) in [6.45, 7) is 51.0.